The molecule has 5 heteroatoms. The first-order valence-corrected chi connectivity index (χ1v) is 7.40. The molecule has 21 heavy (non-hydrogen) atoms. The minimum atomic E-state index is -0.0703. The highest BCUT2D eigenvalue weighted by Crippen LogP contribution is 2.17. The maximum absolute atomic E-state index is 11.8. The maximum Gasteiger partial charge on any atom is 0.258 e. The minimum Gasteiger partial charge on any atom is -0.484 e. The number of nitrogens with one attached hydrogen (secondary N) is 1. The van der Waals surface area contributed by atoms with E-state index in [9.17, 15) is 4.79 Å². The molecule has 1 aromatic carbocycles. The fraction of sp³-hybridized carbons (Fsp3) is 0.500. The zero-order valence-corrected chi connectivity index (χ0v) is 12.3. The molecule has 0 radical (unpaired) electrons. The minimum absolute atomic E-state index is 0.0307. The topological polar surface area (TPSA) is 70.9 Å². The van der Waals surface area contributed by atoms with Crippen molar-refractivity contribution in [2.24, 2.45) is 5.16 Å². The molecule has 1 fully saturated rings. The Morgan fingerprint density at radius 3 is 2.57 bits per heavy atom. The quantitative estimate of drug-likeness (QED) is 0.497. The van der Waals surface area contributed by atoms with Crippen LogP contribution in [0.3, 0.4) is 0 Å². The number of carbonyl (C=O) groups excluding carboxylic acids is 1. The number of hydrogen-bond donors (Lipinski definition) is 2. The van der Waals surface area contributed by atoms with Gasteiger partial charge in [0.15, 0.2) is 6.61 Å². The number of amides is 1. The molecule has 0 unspecified atom stereocenters. The number of rotatable bonds is 5. The van der Waals surface area contributed by atoms with Gasteiger partial charge in [-0.3, -0.25) is 4.79 Å². The third-order valence-electron chi connectivity index (χ3n) is 3.76. The lowest BCUT2D eigenvalue weighted by atomic mass is 9.95. The molecule has 1 aliphatic rings. The molecule has 1 amide bonds. The van der Waals surface area contributed by atoms with Crippen molar-refractivity contribution in [1.29, 1.82) is 0 Å². The molecule has 0 heterocycles. The fourth-order valence-corrected chi connectivity index (χ4v) is 2.52. The van der Waals surface area contributed by atoms with Crippen molar-refractivity contribution in [2.45, 2.75) is 45.1 Å². The third kappa shape index (κ3) is 4.77. The zero-order chi connectivity index (χ0) is 15.1. The standard InChI is InChI=1S/C16H22N2O3/c1-12(18-20)13-7-9-15(10-8-13)21-11-16(19)17-14-5-3-2-4-6-14/h7-10,14,20H,2-6,11H2,1H3,(H,17,19)/b18-12-. The molecule has 0 aliphatic heterocycles. The van der Waals surface area contributed by atoms with Crippen LogP contribution in [0.5, 0.6) is 5.75 Å². The molecule has 0 spiro atoms. The van der Waals surface area contributed by atoms with E-state index in [4.69, 9.17) is 9.94 Å². The van der Waals surface area contributed by atoms with Crippen molar-refractivity contribution in [3.63, 3.8) is 0 Å². The van der Waals surface area contributed by atoms with Crippen molar-refractivity contribution >= 4 is 11.6 Å². The van der Waals surface area contributed by atoms with Crippen LogP contribution in [0.1, 0.15) is 44.6 Å². The Morgan fingerprint density at radius 1 is 1.29 bits per heavy atom. The van der Waals surface area contributed by atoms with Gasteiger partial charge in [0, 0.05) is 6.04 Å². The van der Waals surface area contributed by atoms with Gasteiger partial charge in [0.2, 0.25) is 0 Å². The Morgan fingerprint density at radius 2 is 1.95 bits per heavy atom. The second-order valence-electron chi connectivity index (χ2n) is 5.40. The molecule has 0 atom stereocenters. The summed E-state index contributed by atoms with van der Waals surface area (Å²) in [6.07, 6.45) is 5.80. The summed E-state index contributed by atoms with van der Waals surface area (Å²) < 4.78 is 5.46. The molecule has 2 N–H and O–H groups in total. The lowest BCUT2D eigenvalue weighted by molar-refractivity contribution is -0.124. The highest BCUT2D eigenvalue weighted by Gasteiger charge is 2.15. The highest BCUT2D eigenvalue weighted by atomic mass is 16.5. The molecule has 1 saturated carbocycles. The number of oxime groups is 1. The lowest BCUT2D eigenvalue weighted by Crippen LogP contribution is -2.38. The van der Waals surface area contributed by atoms with Crippen molar-refractivity contribution in [1.82, 2.24) is 5.32 Å². The smallest absolute Gasteiger partial charge is 0.258 e. The first kappa shape index (κ1) is 15.4. The average Bonchev–Trinajstić information content (AvgIpc) is 2.53. The summed E-state index contributed by atoms with van der Waals surface area (Å²) in [6.45, 7) is 1.75. The Labute approximate surface area is 125 Å². The summed E-state index contributed by atoms with van der Waals surface area (Å²) in [5.41, 5.74) is 1.35. The Balaban J connectivity index is 1.78. The van der Waals surface area contributed by atoms with Crippen molar-refractivity contribution < 1.29 is 14.7 Å². The van der Waals surface area contributed by atoms with E-state index in [1.165, 1.54) is 19.3 Å². The first-order valence-electron chi connectivity index (χ1n) is 7.40. The summed E-state index contributed by atoms with van der Waals surface area (Å²) in [6, 6.07) is 7.42. The fourth-order valence-electron chi connectivity index (χ4n) is 2.52. The lowest BCUT2D eigenvalue weighted by Gasteiger charge is -2.22. The number of ether oxygens (including phenoxy) is 1. The predicted octanol–water partition coefficient (Wildman–Crippen LogP) is 2.71. The van der Waals surface area contributed by atoms with Crippen LogP contribution in [0.2, 0.25) is 0 Å². The van der Waals surface area contributed by atoms with Gasteiger partial charge in [-0.2, -0.15) is 0 Å². The molecule has 1 aromatic rings. The van der Waals surface area contributed by atoms with E-state index < -0.39 is 0 Å². The molecule has 2 rings (SSSR count). The largest absolute Gasteiger partial charge is 0.484 e. The van der Waals surface area contributed by atoms with Gasteiger partial charge >= 0.3 is 0 Å². The van der Waals surface area contributed by atoms with Gasteiger partial charge in [-0.05, 0) is 49.6 Å². The van der Waals surface area contributed by atoms with Gasteiger partial charge in [-0.15, -0.1) is 0 Å². The van der Waals surface area contributed by atoms with Crippen LogP contribution in [-0.2, 0) is 4.79 Å². The monoisotopic (exact) mass is 290 g/mol. The second kappa shape index (κ2) is 7.67. The Bertz CT molecular complexity index is 491. The third-order valence-corrected chi connectivity index (χ3v) is 3.76. The van der Waals surface area contributed by atoms with Crippen LogP contribution in [0, 0.1) is 0 Å². The van der Waals surface area contributed by atoms with Gasteiger partial charge in [0.1, 0.15) is 5.75 Å². The predicted molar refractivity (Wildman–Crippen MR) is 81.0 cm³/mol. The Hall–Kier alpha value is -2.04. The summed E-state index contributed by atoms with van der Waals surface area (Å²) in [5, 5.41) is 14.8. The first-order chi connectivity index (χ1) is 10.2. The van der Waals surface area contributed by atoms with Crippen LogP contribution < -0.4 is 10.1 Å². The van der Waals surface area contributed by atoms with Crippen LogP contribution >= 0.6 is 0 Å². The molecule has 0 saturated heterocycles. The highest BCUT2D eigenvalue weighted by molar-refractivity contribution is 5.98. The van der Waals surface area contributed by atoms with Gasteiger partial charge < -0.3 is 15.3 Å². The van der Waals surface area contributed by atoms with Crippen LogP contribution in [0.25, 0.3) is 0 Å². The summed E-state index contributed by atoms with van der Waals surface area (Å²) in [5.74, 6) is 0.558. The number of carbonyl (C=O) groups is 1. The molecular weight excluding hydrogens is 268 g/mol. The number of benzene rings is 1. The van der Waals surface area contributed by atoms with E-state index in [1.807, 2.05) is 0 Å². The van der Waals surface area contributed by atoms with Gasteiger partial charge in [-0.1, -0.05) is 24.4 Å². The van der Waals surface area contributed by atoms with E-state index in [2.05, 4.69) is 10.5 Å². The van der Waals surface area contributed by atoms with E-state index >= 15 is 0 Å². The van der Waals surface area contributed by atoms with Crippen LogP contribution in [-0.4, -0.2) is 29.5 Å². The van der Waals surface area contributed by atoms with Gasteiger partial charge in [0.05, 0.1) is 5.71 Å². The SMILES string of the molecule is C/C(=N/O)c1ccc(OCC(=O)NC2CCCCC2)cc1. The van der Waals surface area contributed by atoms with E-state index in [0.717, 1.165) is 18.4 Å². The summed E-state index contributed by atoms with van der Waals surface area (Å²) >= 11 is 0. The van der Waals surface area contributed by atoms with Crippen molar-refractivity contribution in [3.8, 4) is 5.75 Å². The molecule has 0 aromatic heterocycles. The van der Waals surface area contributed by atoms with E-state index in [0.29, 0.717) is 17.5 Å². The maximum atomic E-state index is 11.8. The molecule has 1 aliphatic carbocycles. The normalized spacial score (nSPS) is 16.5. The molecule has 5 nitrogen and oxygen atoms in total. The second-order valence-corrected chi connectivity index (χ2v) is 5.40. The Kier molecular flexibility index (Phi) is 5.60. The van der Waals surface area contributed by atoms with Crippen molar-refractivity contribution in [2.75, 3.05) is 6.61 Å². The number of nitrogens with zero attached hydrogens (tertiary/aromatic N) is 1. The average molecular weight is 290 g/mol. The molecule has 0 bridgehead atoms. The number of hydrogen-bond acceptors (Lipinski definition) is 4. The van der Waals surface area contributed by atoms with Crippen LogP contribution in [0.4, 0.5) is 0 Å². The van der Waals surface area contributed by atoms with Gasteiger partial charge in [0.25, 0.3) is 5.91 Å². The van der Waals surface area contributed by atoms with E-state index in [1.54, 1.807) is 31.2 Å². The van der Waals surface area contributed by atoms with E-state index in [-0.39, 0.29) is 12.5 Å². The van der Waals surface area contributed by atoms with Gasteiger partial charge in [-0.25, -0.2) is 0 Å². The summed E-state index contributed by atoms with van der Waals surface area (Å²) in [7, 11) is 0. The van der Waals surface area contributed by atoms with Crippen LogP contribution in [0.15, 0.2) is 29.4 Å². The van der Waals surface area contributed by atoms with Crippen molar-refractivity contribution in [3.05, 3.63) is 29.8 Å². The molecular formula is C16H22N2O3. The summed E-state index contributed by atoms with van der Waals surface area (Å²) in [4.78, 5) is 11.8. The zero-order valence-electron chi connectivity index (χ0n) is 12.3. The molecule has 114 valence electrons.